The fourth-order valence-corrected chi connectivity index (χ4v) is 2.66. The molecule has 7 heteroatoms. The lowest BCUT2D eigenvalue weighted by Crippen LogP contribution is -2.39. The third kappa shape index (κ3) is 7.21. The zero-order chi connectivity index (χ0) is 19.5. The lowest BCUT2D eigenvalue weighted by molar-refractivity contribution is 0.321. The van der Waals surface area contributed by atoms with Crippen LogP contribution in [0.15, 0.2) is 35.3 Å². The van der Waals surface area contributed by atoms with E-state index < -0.39 is 0 Å². The van der Waals surface area contributed by atoms with Gasteiger partial charge in [-0.05, 0) is 57.5 Å². The molecule has 1 aromatic carbocycles. The number of ether oxygens (including phenoxy) is 2. The molecule has 2 aromatic rings. The second-order valence-corrected chi connectivity index (χ2v) is 6.22. The Morgan fingerprint density at radius 3 is 2.52 bits per heavy atom. The van der Waals surface area contributed by atoms with E-state index in [1.807, 2.05) is 35.9 Å². The van der Waals surface area contributed by atoms with Gasteiger partial charge in [-0.2, -0.15) is 5.10 Å². The van der Waals surface area contributed by atoms with Crippen LogP contribution in [-0.2, 0) is 6.54 Å². The lowest BCUT2D eigenvalue weighted by Gasteiger charge is -2.12. The quantitative estimate of drug-likeness (QED) is 0.380. The molecule has 148 valence electrons. The molecule has 2 N–H and O–H groups in total. The van der Waals surface area contributed by atoms with E-state index in [2.05, 4.69) is 40.6 Å². The number of aryl methyl sites for hydroxylation is 3. The molecular weight excluding hydrogens is 342 g/mol. The molecule has 7 nitrogen and oxygen atoms in total. The minimum absolute atomic E-state index is 0.558. The number of rotatable bonds is 10. The van der Waals surface area contributed by atoms with Crippen molar-refractivity contribution in [3.8, 4) is 11.5 Å². The van der Waals surface area contributed by atoms with Crippen molar-refractivity contribution in [3.63, 3.8) is 0 Å². The average Bonchev–Trinajstić information content (AvgIpc) is 2.99. The topological polar surface area (TPSA) is 72.7 Å². The van der Waals surface area contributed by atoms with Gasteiger partial charge in [0, 0.05) is 25.3 Å². The van der Waals surface area contributed by atoms with E-state index in [-0.39, 0.29) is 0 Å². The van der Waals surface area contributed by atoms with Crippen LogP contribution >= 0.6 is 0 Å². The van der Waals surface area contributed by atoms with Crippen molar-refractivity contribution in [2.45, 2.75) is 33.7 Å². The molecular formula is C20H31N5O2. The molecule has 0 bridgehead atoms. The van der Waals surface area contributed by atoms with E-state index in [9.17, 15) is 0 Å². The Morgan fingerprint density at radius 1 is 1.15 bits per heavy atom. The molecule has 2 rings (SSSR count). The summed E-state index contributed by atoms with van der Waals surface area (Å²) in [6.45, 7) is 9.83. The first-order chi connectivity index (χ1) is 13.1. The maximum absolute atomic E-state index is 5.72. The molecule has 0 aliphatic carbocycles. The minimum atomic E-state index is 0.558. The molecule has 0 radical (unpaired) electrons. The maximum Gasteiger partial charge on any atom is 0.191 e. The predicted octanol–water partition coefficient (Wildman–Crippen LogP) is 2.53. The standard InChI is InChI=1S/C20H31N5O2/c1-5-21-20(22-11-6-13-25-17(3)15-16(2)24-25)23-12-14-27-19-9-7-18(26-4)8-10-19/h7-10,15H,5-6,11-14H2,1-4H3,(H2,21,22,23). The zero-order valence-corrected chi connectivity index (χ0v) is 16.8. The normalized spacial score (nSPS) is 11.3. The highest BCUT2D eigenvalue weighted by Crippen LogP contribution is 2.16. The number of aromatic nitrogens is 2. The number of nitrogens with one attached hydrogen (secondary N) is 2. The largest absolute Gasteiger partial charge is 0.497 e. The van der Waals surface area contributed by atoms with Crippen LogP contribution in [0.25, 0.3) is 0 Å². The smallest absolute Gasteiger partial charge is 0.191 e. The Labute approximate surface area is 161 Å². The van der Waals surface area contributed by atoms with Gasteiger partial charge in [-0.3, -0.25) is 9.67 Å². The Hall–Kier alpha value is -2.70. The van der Waals surface area contributed by atoms with Gasteiger partial charge in [-0.25, -0.2) is 0 Å². The predicted molar refractivity (Wildman–Crippen MR) is 109 cm³/mol. The number of aliphatic imine (C=N–C) groups is 1. The van der Waals surface area contributed by atoms with E-state index in [4.69, 9.17) is 9.47 Å². The molecule has 0 spiro atoms. The van der Waals surface area contributed by atoms with Gasteiger partial charge in [-0.15, -0.1) is 0 Å². The van der Waals surface area contributed by atoms with Gasteiger partial charge in [0.2, 0.25) is 0 Å². The van der Waals surface area contributed by atoms with E-state index in [0.29, 0.717) is 13.2 Å². The van der Waals surface area contributed by atoms with E-state index >= 15 is 0 Å². The average molecular weight is 374 g/mol. The molecule has 1 aromatic heterocycles. The van der Waals surface area contributed by atoms with Crippen molar-refractivity contribution in [2.24, 2.45) is 4.99 Å². The number of hydrogen-bond acceptors (Lipinski definition) is 4. The number of benzene rings is 1. The lowest BCUT2D eigenvalue weighted by atomic mass is 10.3. The zero-order valence-electron chi connectivity index (χ0n) is 16.8. The summed E-state index contributed by atoms with van der Waals surface area (Å²) in [7, 11) is 1.65. The van der Waals surface area contributed by atoms with Crippen LogP contribution in [0, 0.1) is 13.8 Å². The minimum Gasteiger partial charge on any atom is -0.497 e. The first-order valence-electron chi connectivity index (χ1n) is 9.42. The van der Waals surface area contributed by atoms with Crippen LogP contribution in [0.4, 0.5) is 0 Å². The summed E-state index contributed by atoms with van der Waals surface area (Å²) in [5.74, 6) is 2.45. The molecule has 0 fully saturated rings. The van der Waals surface area contributed by atoms with Crippen molar-refractivity contribution in [1.82, 2.24) is 20.4 Å². The van der Waals surface area contributed by atoms with Crippen LogP contribution in [0.2, 0.25) is 0 Å². The summed E-state index contributed by atoms with van der Waals surface area (Å²) in [5, 5.41) is 11.0. The Bertz CT molecular complexity index is 710. The number of nitrogens with zero attached hydrogens (tertiary/aromatic N) is 3. The van der Waals surface area contributed by atoms with Gasteiger partial charge in [0.05, 0.1) is 19.3 Å². The van der Waals surface area contributed by atoms with E-state index in [1.54, 1.807) is 7.11 Å². The van der Waals surface area contributed by atoms with E-state index in [1.165, 1.54) is 5.69 Å². The summed E-state index contributed by atoms with van der Waals surface area (Å²) in [4.78, 5) is 4.61. The first kappa shape index (κ1) is 20.6. The van der Waals surface area contributed by atoms with Crippen molar-refractivity contribution >= 4 is 5.96 Å². The SMILES string of the molecule is CCNC(=NCCCn1nc(C)cc1C)NCCOc1ccc(OC)cc1. The van der Waals surface area contributed by atoms with Crippen LogP contribution in [0.5, 0.6) is 11.5 Å². The van der Waals surface area contributed by atoms with Gasteiger partial charge in [-0.1, -0.05) is 0 Å². The molecule has 0 amide bonds. The molecule has 1 heterocycles. The van der Waals surface area contributed by atoms with Gasteiger partial charge in [0.1, 0.15) is 18.1 Å². The monoisotopic (exact) mass is 373 g/mol. The molecule has 0 saturated heterocycles. The summed E-state index contributed by atoms with van der Waals surface area (Å²) in [6.07, 6.45) is 0.945. The Morgan fingerprint density at radius 2 is 1.89 bits per heavy atom. The molecule has 0 saturated carbocycles. The van der Waals surface area contributed by atoms with Crippen molar-refractivity contribution in [1.29, 1.82) is 0 Å². The highest BCUT2D eigenvalue weighted by atomic mass is 16.5. The third-order valence-electron chi connectivity index (χ3n) is 3.97. The van der Waals surface area contributed by atoms with Crippen molar-refractivity contribution in [2.75, 3.05) is 33.4 Å². The summed E-state index contributed by atoms with van der Waals surface area (Å²) >= 11 is 0. The Balaban J connectivity index is 1.70. The fraction of sp³-hybridized carbons (Fsp3) is 0.500. The van der Waals surface area contributed by atoms with Crippen molar-refractivity contribution in [3.05, 3.63) is 41.7 Å². The fourth-order valence-electron chi connectivity index (χ4n) is 2.66. The van der Waals surface area contributed by atoms with Crippen LogP contribution < -0.4 is 20.1 Å². The third-order valence-corrected chi connectivity index (χ3v) is 3.97. The van der Waals surface area contributed by atoms with Crippen LogP contribution in [0.1, 0.15) is 24.7 Å². The molecule has 0 unspecified atom stereocenters. The Kier molecular flexibility index (Phi) is 8.48. The second kappa shape index (κ2) is 11.1. The van der Waals surface area contributed by atoms with Crippen LogP contribution in [-0.4, -0.2) is 49.1 Å². The highest BCUT2D eigenvalue weighted by molar-refractivity contribution is 5.79. The summed E-state index contributed by atoms with van der Waals surface area (Å²) < 4.78 is 12.9. The second-order valence-electron chi connectivity index (χ2n) is 6.22. The summed E-state index contributed by atoms with van der Waals surface area (Å²) in [5.41, 5.74) is 2.25. The van der Waals surface area contributed by atoms with E-state index in [0.717, 1.165) is 49.2 Å². The first-order valence-corrected chi connectivity index (χ1v) is 9.42. The maximum atomic E-state index is 5.72. The van der Waals surface area contributed by atoms with Crippen molar-refractivity contribution < 1.29 is 9.47 Å². The van der Waals surface area contributed by atoms with Gasteiger partial charge in [0.25, 0.3) is 0 Å². The molecule has 27 heavy (non-hydrogen) atoms. The molecule has 0 atom stereocenters. The van der Waals surface area contributed by atoms with Gasteiger partial charge >= 0.3 is 0 Å². The summed E-state index contributed by atoms with van der Waals surface area (Å²) in [6, 6.07) is 9.67. The number of hydrogen-bond donors (Lipinski definition) is 2. The van der Waals surface area contributed by atoms with Gasteiger partial charge in [0.15, 0.2) is 5.96 Å². The number of methoxy groups -OCH3 is 1. The highest BCUT2D eigenvalue weighted by Gasteiger charge is 2.01. The van der Waals surface area contributed by atoms with Crippen LogP contribution in [0.3, 0.4) is 0 Å². The number of guanidine groups is 1. The molecule has 0 aliphatic heterocycles. The molecule has 0 aliphatic rings. The van der Waals surface area contributed by atoms with Gasteiger partial charge < -0.3 is 20.1 Å².